The normalized spacial score (nSPS) is 18.7. The van der Waals surface area contributed by atoms with Crippen LogP contribution in [0.25, 0.3) is 0 Å². The summed E-state index contributed by atoms with van der Waals surface area (Å²) in [5.74, 6) is -0.650. The fraction of sp³-hybridized carbons (Fsp3) is 0.591. The van der Waals surface area contributed by atoms with Gasteiger partial charge in [0.2, 0.25) is 11.8 Å². The lowest BCUT2D eigenvalue weighted by atomic mass is 9.87. The molecular formula is C22H34N4O4. The van der Waals surface area contributed by atoms with E-state index in [2.05, 4.69) is 5.32 Å². The second-order valence-electron chi connectivity index (χ2n) is 9.22. The van der Waals surface area contributed by atoms with Gasteiger partial charge in [-0.05, 0) is 51.8 Å². The number of nitrogens with zero attached hydrogens (tertiary/aromatic N) is 2. The van der Waals surface area contributed by atoms with E-state index in [0.29, 0.717) is 19.5 Å². The van der Waals surface area contributed by atoms with E-state index >= 15 is 0 Å². The summed E-state index contributed by atoms with van der Waals surface area (Å²) >= 11 is 0. The Labute approximate surface area is 178 Å². The molecule has 0 aromatic heterocycles. The van der Waals surface area contributed by atoms with E-state index in [-0.39, 0.29) is 19.0 Å². The van der Waals surface area contributed by atoms with E-state index in [1.54, 1.807) is 7.05 Å². The molecule has 0 saturated carbocycles. The molecule has 0 spiro atoms. The largest absolute Gasteiger partial charge is 0.444 e. The molecule has 2 rings (SSSR count). The molecule has 1 heterocycles. The Bertz CT molecular complexity index is 782. The first-order valence-electron chi connectivity index (χ1n) is 10.2. The highest BCUT2D eigenvalue weighted by molar-refractivity contribution is 5.87. The molecule has 1 fully saturated rings. The molecule has 1 aliphatic rings. The van der Waals surface area contributed by atoms with Gasteiger partial charge in [-0.2, -0.15) is 0 Å². The van der Waals surface area contributed by atoms with Crippen LogP contribution in [0.15, 0.2) is 24.3 Å². The Morgan fingerprint density at radius 3 is 2.27 bits per heavy atom. The third-order valence-corrected chi connectivity index (χ3v) is 5.11. The van der Waals surface area contributed by atoms with Crippen LogP contribution < -0.4 is 11.1 Å². The van der Waals surface area contributed by atoms with Crippen LogP contribution in [-0.2, 0) is 27.4 Å². The van der Waals surface area contributed by atoms with Gasteiger partial charge < -0.3 is 25.6 Å². The smallest absolute Gasteiger partial charge is 0.410 e. The van der Waals surface area contributed by atoms with Crippen molar-refractivity contribution in [2.24, 2.45) is 11.1 Å². The molecule has 1 unspecified atom stereocenters. The van der Waals surface area contributed by atoms with Crippen LogP contribution in [0, 0.1) is 5.41 Å². The Morgan fingerprint density at radius 2 is 1.77 bits per heavy atom. The molecule has 1 aromatic rings. The maximum absolute atomic E-state index is 13.2. The number of ether oxygens (including phenoxy) is 1. The summed E-state index contributed by atoms with van der Waals surface area (Å²) in [5, 5.41) is 3.21. The third-order valence-electron chi connectivity index (χ3n) is 5.11. The zero-order valence-electron chi connectivity index (χ0n) is 18.7. The first kappa shape index (κ1) is 23.7. The summed E-state index contributed by atoms with van der Waals surface area (Å²) in [5.41, 5.74) is 6.02. The first-order valence-corrected chi connectivity index (χ1v) is 10.2. The van der Waals surface area contributed by atoms with Crippen LogP contribution in [0.1, 0.15) is 45.2 Å². The molecule has 3 amide bonds. The summed E-state index contributed by atoms with van der Waals surface area (Å²) in [6.45, 7) is 9.12. The first-order chi connectivity index (χ1) is 13.9. The molecule has 0 aliphatic carbocycles. The maximum Gasteiger partial charge on any atom is 0.410 e. The number of carbonyl (C=O) groups is 3. The van der Waals surface area contributed by atoms with Crippen molar-refractivity contribution >= 4 is 17.9 Å². The molecule has 3 N–H and O–H groups in total. The van der Waals surface area contributed by atoms with Gasteiger partial charge in [-0.15, -0.1) is 0 Å². The fourth-order valence-corrected chi connectivity index (χ4v) is 3.50. The summed E-state index contributed by atoms with van der Waals surface area (Å²) in [6.07, 6.45) is 0.288. The van der Waals surface area contributed by atoms with Gasteiger partial charge in [0.15, 0.2) is 0 Å². The van der Waals surface area contributed by atoms with Crippen LogP contribution in [-0.4, -0.2) is 60.0 Å². The van der Waals surface area contributed by atoms with Crippen LogP contribution >= 0.6 is 0 Å². The summed E-state index contributed by atoms with van der Waals surface area (Å²) in [4.78, 5) is 40.2. The number of hydrogen-bond acceptors (Lipinski definition) is 5. The van der Waals surface area contributed by atoms with Crippen LogP contribution in [0.2, 0.25) is 0 Å². The van der Waals surface area contributed by atoms with Gasteiger partial charge >= 0.3 is 6.09 Å². The van der Waals surface area contributed by atoms with Gasteiger partial charge in [-0.1, -0.05) is 24.3 Å². The molecule has 8 heteroatoms. The van der Waals surface area contributed by atoms with Crippen molar-refractivity contribution in [3.63, 3.8) is 0 Å². The molecule has 0 radical (unpaired) electrons. The number of nitrogens with two attached hydrogens (primary N) is 1. The number of benzene rings is 1. The van der Waals surface area contributed by atoms with Crippen molar-refractivity contribution in [3.8, 4) is 0 Å². The van der Waals surface area contributed by atoms with Crippen molar-refractivity contribution in [2.45, 2.75) is 52.8 Å². The van der Waals surface area contributed by atoms with E-state index in [4.69, 9.17) is 10.5 Å². The zero-order valence-corrected chi connectivity index (χ0v) is 18.7. The van der Waals surface area contributed by atoms with E-state index < -0.39 is 23.0 Å². The quantitative estimate of drug-likeness (QED) is 0.703. The summed E-state index contributed by atoms with van der Waals surface area (Å²) in [7, 11) is 1.67. The predicted octanol–water partition coefficient (Wildman–Crippen LogP) is 1.87. The highest BCUT2D eigenvalue weighted by Crippen LogP contribution is 2.28. The highest BCUT2D eigenvalue weighted by Gasteiger charge is 2.39. The molecule has 8 nitrogen and oxygen atoms in total. The molecule has 1 aliphatic heterocycles. The zero-order chi connectivity index (χ0) is 22.5. The second kappa shape index (κ2) is 9.47. The van der Waals surface area contributed by atoms with Crippen molar-refractivity contribution in [1.82, 2.24) is 15.1 Å². The summed E-state index contributed by atoms with van der Waals surface area (Å²) < 4.78 is 5.42. The monoisotopic (exact) mass is 418 g/mol. The van der Waals surface area contributed by atoms with Crippen molar-refractivity contribution in [2.75, 3.05) is 26.7 Å². The van der Waals surface area contributed by atoms with E-state index in [1.165, 1.54) is 9.80 Å². The lowest BCUT2D eigenvalue weighted by molar-refractivity contribution is -0.143. The molecule has 0 bridgehead atoms. The van der Waals surface area contributed by atoms with Gasteiger partial charge in [-0.3, -0.25) is 9.59 Å². The SMILES string of the molecule is CN(Cc1ccccc1CN(CC(N)=O)C(=O)C1(C)CCNC1)C(=O)OC(C)(C)C. The third kappa shape index (κ3) is 6.45. The van der Waals surface area contributed by atoms with E-state index in [0.717, 1.165) is 17.7 Å². The van der Waals surface area contributed by atoms with Crippen molar-refractivity contribution in [1.29, 1.82) is 0 Å². The predicted molar refractivity (Wildman–Crippen MR) is 114 cm³/mol. The fourth-order valence-electron chi connectivity index (χ4n) is 3.50. The standard InChI is InChI=1S/C22H34N4O4/c1-21(2,3)30-20(29)25(5)12-16-8-6-7-9-17(16)13-26(14-18(23)27)19(28)22(4)10-11-24-15-22/h6-9,24H,10-15H2,1-5H3,(H2,23,27). The number of nitrogens with one attached hydrogen (secondary N) is 1. The molecule has 1 aromatic carbocycles. The average molecular weight is 419 g/mol. The van der Waals surface area contributed by atoms with Crippen molar-refractivity contribution < 1.29 is 19.1 Å². The van der Waals surface area contributed by atoms with Gasteiger partial charge in [0.05, 0.1) is 12.0 Å². The van der Waals surface area contributed by atoms with E-state index in [1.807, 2.05) is 52.0 Å². The molecule has 1 atom stereocenters. The number of hydrogen-bond donors (Lipinski definition) is 2. The Balaban J connectivity index is 2.20. The second-order valence-corrected chi connectivity index (χ2v) is 9.22. The Hall–Kier alpha value is -2.61. The molecule has 30 heavy (non-hydrogen) atoms. The molecule has 166 valence electrons. The minimum absolute atomic E-state index is 0.0957. The molecular weight excluding hydrogens is 384 g/mol. The van der Waals surface area contributed by atoms with Crippen LogP contribution in [0.5, 0.6) is 0 Å². The van der Waals surface area contributed by atoms with Gasteiger partial charge in [0.1, 0.15) is 5.60 Å². The molecule has 1 saturated heterocycles. The lowest BCUT2D eigenvalue weighted by Crippen LogP contribution is -2.46. The van der Waals surface area contributed by atoms with E-state index in [9.17, 15) is 14.4 Å². The number of amides is 3. The van der Waals surface area contributed by atoms with Crippen LogP contribution in [0.3, 0.4) is 0 Å². The van der Waals surface area contributed by atoms with Gasteiger partial charge in [-0.25, -0.2) is 4.79 Å². The maximum atomic E-state index is 13.2. The van der Waals surface area contributed by atoms with Gasteiger partial charge in [0, 0.05) is 26.7 Å². The Kier molecular flexibility index (Phi) is 7.47. The van der Waals surface area contributed by atoms with Gasteiger partial charge in [0.25, 0.3) is 0 Å². The van der Waals surface area contributed by atoms with Crippen LogP contribution in [0.4, 0.5) is 4.79 Å². The van der Waals surface area contributed by atoms with Crippen molar-refractivity contribution in [3.05, 3.63) is 35.4 Å². The topological polar surface area (TPSA) is 105 Å². The Morgan fingerprint density at radius 1 is 1.17 bits per heavy atom. The lowest BCUT2D eigenvalue weighted by Gasteiger charge is -2.31. The minimum Gasteiger partial charge on any atom is -0.444 e. The summed E-state index contributed by atoms with van der Waals surface area (Å²) in [6, 6.07) is 7.55. The minimum atomic E-state index is -0.583. The number of carbonyl (C=O) groups excluding carboxylic acids is 3. The number of primary amides is 1. The number of rotatable bonds is 7. The highest BCUT2D eigenvalue weighted by atomic mass is 16.6. The average Bonchev–Trinajstić information content (AvgIpc) is 3.08.